The molecule has 0 saturated heterocycles. The second kappa shape index (κ2) is 6.20. The average Bonchev–Trinajstić information content (AvgIpc) is 2.83. The molecule has 3 nitrogen and oxygen atoms in total. The minimum absolute atomic E-state index is 0.147. The fraction of sp³-hybridized carbons (Fsp3) is 0.562. The Morgan fingerprint density at radius 3 is 2.79 bits per heavy atom. The molecule has 0 aliphatic heterocycles. The fourth-order valence-corrected chi connectivity index (χ4v) is 2.51. The quantitative estimate of drug-likeness (QED) is 0.879. The molecule has 1 aliphatic carbocycles. The molecular formula is C16H24N2O. The molecule has 0 bridgehead atoms. The standard InChI is InChI=1S/C16H24N2O/c1-12(2)17-10-16(19)18(3)11-13-7-8-14-5-4-6-15(14)9-13/h7-9,12,17H,4-6,10-11H2,1-3H3. The number of hydrogen-bond donors (Lipinski definition) is 1. The van der Waals surface area contributed by atoms with Gasteiger partial charge in [0, 0.05) is 19.6 Å². The molecule has 0 heterocycles. The number of nitrogens with one attached hydrogen (secondary N) is 1. The van der Waals surface area contributed by atoms with Crippen molar-refractivity contribution in [3.05, 3.63) is 34.9 Å². The zero-order valence-corrected chi connectivity index (χ0v) is 12.2. The lowest BCUT2D eigenvalue weighted by atomic mass is 10.1. The van der Waals surface area contributed by atoms with E-state index in [2.05, 4.69) is 23.5 Å². The Bertz CT molecular complexity index is 454. The number of rotatable bonds is 5. The summed E-state index contributed by atoms with van der Waals surface area (Å²) in [6, 6.07) is 6.99. The number of carbonyl (C=O) groups excluding carboxylic acids is 1. The summed E-state index contributed by atoms with van der Waals surface area (Å²) in [5.41, 5.74) is 4.19. The SMILES string of the molecule is CC(C)NCC(=O)N(C)Cc1ccc2c(c1)CCC2. The van der Waals surface area contributed by atoms with E-state index in [1.54, 1.807) is 4.90 Å². The lowest BCUT2D eigenvalue weighted by Gasteiger charge is -2.19. The number of aryl methyl sites for hydroxylation is 2. The molecule has 1 aromatic carbocycles. The zero-order chi connectivity index (χ0) is 13.8. The largest absolute Gasteiger partial charge is 0.340 e. The third-order valence-corrected chi connectivity index (χ3v) is 3.67. The van der Waals surface area contributed by atoms with Crippen LogP contribution in [0.2, 0.25) is 0 Å². The maximum Gasteiger partial charge on any atom is 0.236 e. The smallest absolute Gasteiger partial charge is 0.236 e. The van der Waals surface area contributed by atoms with E-state index < -0.39 is 0 Å². The Hall–Kier alpha value is -1.35. The van der Waals surface area contributed by atoms with Crippen molar-refractivity contribution in [2.24, 2.45) is 0 Å². The topological polar surface area (TPSA) is 32.3 Å². The van der Waals surface area contributed by atoms with Crippen LogP contribution in [0.15, 0.2) is 18.2 Å². The van der Waals surface area contributed by atoms with Crippen LogP contribution < -0.4 is 5.32 Å². The van der Waals surface area contributed by atoms with Crippen molar-refractivity contribution < 1.29 is 4.79 Å². The molecule has 0 radical (unpaired) electrons. The first-order valence-electron chi connectivity index (χ1n) is 7.14. The van der Waals surface area contributed by atoms with Gasteiger partial charge in [0.15, 0.2) is 0 Å². The van der Waals surface area contributed by atoms with Gasteiger partial charge in [0.1, 0.15) is 0 Å². The minimum Gasteiger partial charge on any atom is -0.340 e. The fourth-order valence-electron chi connectivity index (χ4n) is 2.51. The van der Waals surface area contributed by atoms with Crippen LogP contribution >= 0.6 is 0 Å². The Morgan fingerprint density at radius 2 is 2.05 bits per heavy atom. The van der Waals surface area contributed by atoms with Gasteiger partial charge < -0.3 is 10.2 Å². The highest BCUT2D eigenvalue weighted by Crippen LogP contribution is 2.23. The molecule has 3 heteroatoms. The van der Waals surface area contributed by atoms with Gasteiger partial charge in [0.05, 0.1) is 6.54 Å². The van der Waals surface area contributed by atoms with Gasteiger partial charge in [-0.25, -0.2) is 0 Å². The Morgan fingerprint density at radius 1 is 1.32 bits per heavy atom. The van der Waals surface area contributed by atoms with E-state index in [0.29, 0.717) is 19.1 Å². The minimum atomic E-state index is 0.147. The van der Waals surface area contributed by atoms with Crippen molar-refractivity contribution in [3.8, 4) is 0 Å². The molecule has 104 valence electrons. The summed E-state index contributed by atoms with van der Waals surface area (Å²) >= 11 is 0. The first-order chi connectivity index (χ1) is 9.06. The van der Waals surface area contributed by atoms with E-state index in [4.69, 9.17) is 0 Å². The van der Waals surface area contributed by atoms with Crippen LogP contribution in [-0.2, 0) is 24.2 Å². The van der Waals surface area contributed by atoms with Crippen molar-refractivity contribution in [2.75, 3.05) is 13.6 Å². The van der Waals surface area contributed by atoms with Crippen molar-refractivity contribution in [1.29, 1.82) is 0 Å². The molecule has 0 fully saturated rings. The summed E-state index contributed by atoms with van der Waals surface area (Å²) in [4.78, 5) is 13.7. The van der Waals surface area contributed by atoms with Crippen molar-refractivity contribution in [3.63, 3.8) is 0 Å². The van der Waals surface area contributed by atoms with Gasteiger partial charge in [-0.05, 0) is 36.0 Å². The highest BCUT2D eigenvalue weighted by molar-refractivity contribution is 5.78. The van der Waals surface area contributed by atoms with Crippen molar-refractivity contribution in [1.82, 2.24) is 10.2 Å². The summed E-state index contributed by atoms with van der Waals surface area (Å²) < 4.78 is 0. The first kappa shape index (κ1) is 14.1. The third-order valence-electron chi connectivity index (χ3n) is 3.67. The van der Waals surface area contributed by atoms with Crippen LogP contribution in [0.5, 0.6) is 0 Å². The molecule has 1 aromatic rings. The molecule has 19 heavy (non-hydrogen) atoms. The zero-order valence-electron chi connectivity index (χ0n) is 12.2. The summed E-state index contributed by atoms with van der Waals surface area (Å²) in [5.74, 6) is 0.147. The number of nitrogens with zero attached hydrogens (tertiary/aromatic N) is 1. The lowest BCUT2D eigenvalue weighted by Crippen LogP contribution is -2.37. The number of carbonyl (C=O) groups is 1. The number of hydrogen-bond acceptors (Lipinski definition) is 2. The van der Waals surface area contributed by atoms with Crippen LogP contribution in [0.25, 0.3) is 0 Å². The molecule has 1 amide bonds. The van der Waals surface area contributed by atoms with Gasteiger partial charge in [-0.1, -0.05) is 32.0 Å². The normalized spacial score (nSPS) is 13.7. The Kier molecular flexibility index (Phi) is 4.59. The van der Waals surface area contributed by atoms with E-state index in [9.17, 15) is 4.79 Å². The van der Waals surface area contributed by atoms with Gasteiger partial charge >= 0.3 is 0 Å². The van der Waals surface area contributed by atoms with Gasteiger partial charge in [0.25, 0.3) is 0 Å². The highest BCUT2D eigenvalue weighted by Gasteiger charge is 2.13. The molecule has 0 aromatic heterocycles. The number of likely N-dealkylation sites (N-methyl/N-ethyl adjacent to an activating group) is 1. The number of benzene rings is 1. The second-order valence-electron chi connectivity index (χ2n) is 5.74. The maximum absolute atomic E-state index is 11.9. The van der Waals surface area contributed by atoms with Crippen LogP contribution in [-0.4, -0.2) is 30.4 Å². The summed E-state index contributed by atoms with van der Waals surface area (Å²) in [7, 11) is 1.87. The molecule has 2 rings (SSSR count). The molecule has 0 spiro atoms. The van der Waals surface area contributed by atoms with Gasteiger partial charge in [0.2, 0.25) is 5.91 Å². The van der Waals surface area contributed by atoms with Gasteiger partial charge in [-0.3, -0.25) is 4.79 Å². The number of amides is 1. The third kappa shape index (κ3) is 3.80. The molecular weight excluding hydrogens is 236 g/mol. The van der Waals surface area contributed by atoms with Crippen molar-refractivity contribution in [2.45, 2.75) is 45.7 Å². The van der Waals surface area contributed by atoms with Crippen molar-refractivity contribution >= 4 is 5.91 Å². The molecule has 0 saturated carbocycles. The highest BCUT2D eigenvalue weighted by atomic mass is 16.2. The summed E-state index contributed by atoms with van der Waals surface area (Å²) in [5, 5.41) is 3.16. The average molecular weight is 260 g/mol. The van der Waals surface area contributed by atoms with E-state index in [1.807, 2.05) is 20.9 Å². The van der Waals surface area contributed by atoms with Gasteiger partial charge in [-0.2, -0.15) is 0 Å². The lowest BCUT2D eigenvalue weighted by molar-refractivity contribution is -0.129. The predicted octanol–water partition coefficient (Wildman–Crippen LogP) is 2.13. The molecule has 0 atom stereocenters. The Labute approximate surface area is 116 Å². The van der Waals surface area contributed by atoms with Crippen LogP contribution in [0.1, 0.15) is 37.0 Å². The summed E-state index contributed by atoms with van der Waals surface area (Å²) in [6.07, 6.45) is 3.67. The number of fused-ring (bicyclic) bond motifs is 1. The summed E-state index contributed by atoms with van der Waals surface area (Å²) in [6.45, 7) is 5.21. The second-order valence-corrected chi connectivity index (χ2v) is 5.74. The molecule has 0 unspecified atom stereocenters. The monoisotopic (exact) mass is 260 g/mol. The van der Waals surface area contributed by atoms with Crippen LogP contribution in [0.4, 0.5) is 0 Å². The molecule has 1 N–H and O–H groups in total. The first-order valence-corrected chi connectivity index (χ1v) is 7.14. The maximum atomic E-state index is 11.9. The Balaban J connectivity index is 1.91. The van der Waals surface area contributed by atoms with Crippen LogP contribution in [0.3, 0.4) is 0 Å². The van der Waals surface area contributed by atoms with E-state index in [0.717, 1.165) is 0 Å². The van der Waals surface area contributed by atoms with E-state index in [-0.39, 0.29) is 5.91 Å². The van der Waals surface area contributed by atoms with Gasteiger partial charge in [-0.15, -0.1) is 0 Å². The predicted molar refractivity (Wildman–Crippen MR) is 78.1 cm³/mol. The van der Waals surface area contributed by atoms with E-state index in [1.165, 1.54) is 36.0 Å². The molecule has 1 aliphatic rings. The van der Waals surface area contributed by atoms with Crippen LogP contribution in [0, 0.1) is 0 Å². The van der Waals surface area contributed by atoms with E-state index >= 15 is 0 Å².